The van der Waals surface area contributed by atoms with Crippen LogP contribution in [-0.4, -0.2) is 47.0 Å². The van der Waals surface area contributed by atoms with Gasteiger partial charge in [-0.25, -0.2) is 4.39 Å². The molecule has 0 radical (unpaired) electrons. The molecular weight excluding hydrogens is 413 g/mol. The van der Waals surface area contributed by atoms with E-state index in [0.29, 0.717) is 36.9 Å². The zero-order valence-electron chi connectivity index (χ0n) is 16.8. The molecule has 1 fully saturated rings. The molecule has 1 amide bonds. The van der Waals surface area contributed by atoms with Crippen molar-refractivity contribution >= 4 is 28.9 Å². The van der Waals surface area contributed by atoms with E-state index in [1.807, 2.05) is 59.5 Å². The Bertz CT molecular complexity index is 1030. The summed E-state index contributed by atoms with van der Waals surface area (Å²) in [6.07, 6.45) is 0. The Kier molecular flexibility index (Phi) is 6.43. The molecule has 0 unspecified atom stereocenters. The molecule has 31 heavy (non-hydrogen) atoms. The standard InChI is InChI=1S/C24H22FN3O2S/c25-19-8-6-18(7-9-19)23(29)27-14-16-28(17-15-27)24(31)26-20-10-12-22(13-11-20)30-21-4-2-1-3-5-21/h1-13H,14-17H2,(H,26,31). The van der Waals surface area contributed by atoms with Crippen LogP contribution in [0.2, 0.25) is 0 Å². The van der Waals surface area contributed by atoms with Crippen LogP contribution in [0.4, 0.5) is 10.1 Å². The van der Waals surface area contributed by atoms with Gasteiger partial charge in [0, 0.05) is 37.4 Å². The third kappa shape index (κ3) is 5.38. The highest BCUT2D eigenvalue weighted by molar-refractivity contribution is 7.80. The molecule has 7 heteroatoms. The first-order valence-corrected chi connectivity index (χ1v) is 10.4. The van der Waals surface area contributed by atoms with Gasteiger partial charge in [0.25, 0.3) is 5.91 Å². The van der Waals surface area contributed by atoms with Crippen LogP contribution in [0.5, 0.6) is 11.5 Å². The molecule has 3 aromatic rings. The third-order valence-corrected chi connectivity index (χ3v) is 5.39. The Hall–Kier alpha value is -3.45. The number of nitrogens with one attached hydrogen (secondary N) is 1. The molecule has 1 aliphatic rings. The number of anilines is 1. The van der Waals surface area contributed by atoms with Crippen LogP contribution < -0.4 is 10.1 Å². The lowest BCUT2D eigenvalue weighted by Crippen LogP contribution is -2.51. The number of rotatable bonds is 4. The minimum Gasteiger partial charge on any atom is -0.457 e. The van der Waals surface area contributed by atoms with Crippen molar-refractivity contribution in [3.8, 4) is 11.5 Å². The predicted octanol–water partition coefficient (Wildman–Crippen LogP) is 4.77. The van der Waals surface area contributed by atoms with Crippen molar-refractivity contribution in [1.29, 1.82) is 0 Å². The molecule has 1 aliphatic heterocycles. The SMILES string of the molecule is O=C(c1ccc(F)cc1)N1CCN(C(=S)Nc2ccc(Oc3ccccc3)cc2)CC1. The van der Waals surface area contributed by atoms with Gasteiger partial charge in [0.2, 0.25) is 0 Å². The average Bonchev–Trinajstić information content (AvgIpc) is 2.81. The van der Waals surface area contributed by atoms with Gasteiger partial charge in [0.15, 0.2) is 5.11 Å². The van der Waals surface area contributed by atoms with Crippen LogP contribution in [0.1, 0.15) is 10.4 Å². The molecule has 1 heterocycles. The lowest BCUT2D eigenvalue weighted by atomic mass is 10.2. The molecule has 4 rings (SSSR count). The fourth-order valence-electron chi connectivity index (χ4n) is 3.32. The number of hydrogen-bond donors (Lipinski definition) is 1. The number of nitrogens with zero attached hydrogens (tertiary/aromatic N) is 2. The van der Waals surface area contributed by atoms with Crippen LogP contribution in [0, 0.1) is 5.82 Å². The summed E-state index contributed by atoms with van der Waals surface area (Å²) >= 11 is 5.54. The maximum atomic E-state index is 13.1. The normalized spacial score (nSPS) is 13.6. The van der Waals surface area contributed by atoms with Crippen LogP contribution in [0.15, 0.2) is 78.9 Å². The summed E-state index contributed by atoms with van der Waals surface area (Å²) in [7, 11) is 0. The van der Waals surface area contributed by atoms with Crippen molar-refractivity contribution in [2.75, 3.05) is 31.5 Å². The number of hydrogen-bond acceptors (Lipinski definition) is 3. The summed E-state index contributed by atoms with van der Waals surface area (Å²) in [6.45, 7) is 2.38. The smallest absolute Gasteiger partial charge is 0.253 e. The molecule has 0 aliphatic carbocycles. The third-order valence-electron chi connectivity index (χ3n) is 5.03. The summed E-state index contributed by atoms with van der Waals surface area (Å²) in [5.74, 6) is 1.09. The fraction of sp³-hybridized carbons (Fsp3) is 0.167. The van der Waals surface area contributed by atoms with Crippen LogP contribution >= 0.6 is 12.2 Å². The average molecular weight is 436 g/mol. The monoisotopic (exact) mass is 435 g/mol. The molecule has 1 N–H and O–H groups in total. The fourth-order valence-corrected chi connectivity index (χ4v) is 3.62. The summed E-state index contributed by atoms with van der Waals surface area (Å²) in [4.78, 5) is 16.4. The van der Waals surface area contributed by atoms with Crippen molar-refractivity contribution in [2.24, 2.45) is 0 Å². The van der Waals surface area contributed by atoms with Gasteiger partial charge in [-0.15, -0.1) is 0 Å². The molecule has 0 bridgehead atoms. The van der Waals surface area contributed by atoms with E-state index in [4.69, 9.17) is 17.0 Å². The minimum atomic E-state index is -0.350. The van der Waals surface area contributed by atoms with Gasteiger partial charge in [-0.05, 0) is 72.9 Å². The zero-order valence-corrected chi connectivity index (χ0v) is 17.6. The molecule has 158 valence electrons. The van der Waals surface area contributed by atoms with Crippen molar-refractivity contribution in [2.45, 2.75) is 0 Å². The van der Waals surface area contributed by atoms with Gasteiger partial charge in [0.1, 0.15) is 17.3 Å². The number of ether oxygens (including phenoxy) is 1. The molecule has 3 aromatic carbocycles. The second kappa shape index (κ2) is 9.57. The van der Waals surface area contributed by atoms with Crippen LogP contribution in [0.25, 0.3) is 0 Å². The van der Waals surface area contributed by atoms with E-state index < -0.39 is 0 Å². The molecule has 0 atom stereocenters. The van der Waals surface area contributed by atoms with Gasteiger partial charge in [-0.1, -0.05) is 18.2 Å². The van der Waals surface area contributed by atoms with Gasteiger partial charge in [-0.2, -0.15) is 0 Å². The first kappa shape index (κ1) is 20.8. The number of thiocarbonyl (C=S) groups is 1. The Balaban J connectivity index is 1.28. The topological polar surface area (TPSA) is 44.8 Å². The second-order valence-electron chi connectivity index (χ2n) is 7.16. The number of halogens is 1. The van der Waals surface area contributed by atoms with E-state index in [2.05, 4.69) is 5.32 Å². The summed E-state index contributed by atoms with van der Waals surface area (Å²) < 4.78 is 18.9. The lowest BCUT2D eigenvalue weighted by molar-refractivity contribution is 0.0693. The van der Waals surface area contributed by atoms with Crippen LogP contribution in [-0.2, 0) is 0 Å². The maximum absolute atomic E-state index is 13.1. The van der Waals surface area contributed by atoms with E-state index in [-0.39, 0.29) is 11.7 Å². The van der Waals surface area contributed by atoms with Crippen molar-refractivity contribution < 1.29 is 13.9 Å². The zero-order chi connectivity index (χ0) is 21.6. The maximum Gasteiger partial charge on any atom is 0.253 e. The van der Waals surface area contributed by atoms with Crippen molar-refractivity contribution in [1.82, 2.24) is 9.80 Å². The number of piperazine rings is 1. The Morgan fingerprint density at radius 1 is 0.806 bits per heavy atom. The Morgan fingerprint density at radius 2 is 1.39 bits per heavy atom. The number of benzene rings is 3. The highest BCUT2D eigenvalue weighted by Gasteiger charge is 2.23. The quantitative estimate of drug-likeness (QED) is 0.598. The first-order chi connectivity index (χ1) is 15.1. The minimum absolute atomic E-state index is 0.0902. The summed E-state index contributed by atoms with van der Waals surface area (Å²) in [5, 5.41) is 3.86. The van der Waals surface area contributed by atoms with E-state index in [0.717, 1.165) is 17.2 Å². The van der Waals surface area contributed by atoms with Gasteiger partial charge in [-0.3, -0.25) is 4.79 Å². The lowest BCUT2D eigenvalue weighted by Gasteiger charge is -2.36. The van der Waals surface area contributed by atoms with Crippen LogP contribution in [0.3, 0.4) is 0 Å². The van der Waals surface area contributed by atoms with Gasteiger partial charge < -0.3 is 19.9 Å². The molecular formula is C24H22FN3O2S. The van der Waals surface area contributed by atoms with Gasteiger partial charge >= 0.3 is 0 Å². The molecule has 0 saturated carbocycles. The largest absolute Gasteiger partial charge is 0.457 e. The molecule has 1 saturated heterocycles. The van der Waals surface area contributed by atoms with E-state index in [9.17, 15) is 9.18 Å². The molecule has 5 nitrogen and oxygen atoms in total. The summed E-state index contributed by atoms with van der Waals surface area (Å²) in [6, 6.07) is 22.8. The number of amides is 1. The van der Waals surface area contributed by atoms with Crippen molar-refractivity contribution in [3.63, 3.8) is 0 Å². The first-order valence-electron chi connectivity index (χ1n) is 10.0. The Morgan fingerprint density at radius 3 is 2.03 bits per heavy atom. The van der Waals surface area contributed by atoms with E-state index in [1.54, 1.807) is 4.90 Å². The predicted molar refractivity (Wildman–Crippen MR) is 123 cm³/mol. The van der Waals surface area contributed by atoms with Crippen molar-refractivity contribution in [3.05, 3.63) is 90.2 Å². The highest BCUT2D eigenvalue weighted by Crippen LogP contribution is 2.23. The number of carbonyl (C=O) groups is 1. The summed E-state index contributed by atoms with van der Waals surface area (Å²) in [5.41, 5.74) is 1.36. The number of para-hydroxylation sites is 1. The second-order valence-corrected chi connectivity index (χ2v) is 7.54. The van der Waals surface area contributed by atoms with E-state index in [1.165, 1.54) is 24.3 Å². The highest BCUT2D eigenvalue weighted by atomic mass is 32.1. The Labute approximate surface area is 186 Å². The van der Waals surface area contributed by atoms with Gasteiger partial charge in [0.05, 0.1) is 0 Å². The molecule has 0 spiro atoms. The number of carbonyl (C=O) groups excluding carboxylic acids is 1. The molecule has 0 aromatic heterocycles. The van der Waals surface area contributed by atoms with E-state index >= 15 is 0 Å².